The Balaban J connectivity index is 2.26. The van der Waals surface area contributed by atoms with Crippen LogP contribution in [0.3, 0.4) is 0 Å². The number of nitrogens with zero attached hydrogens (tertiary/aromatic N) is 1. The molecule has 0 heterocycles. The van der Waals surface area contributed by atoms with E-state index in [2.05, 4.69) is 32.7 Å². The standard InChI is InChI=1S/C11H24N2/c1-8(2)11(12)7-13(4)9(3)10-5-6-10/h8-11H,5-7,12H2,1-4H3. The van der Waals surface area contributed by atoms with Crippen molar-refractivity contribution in [3.63, 3.8) is 0 Å². The molecule has 0 amide bonds. The first-order chi connectivity index (χ1) is 6.02. The van der Waals surface area contributed by atoms with Crippen molar-refractivity contribution in [1.82, 2.24) is 4.90 Å². The highest BCUT2D eigenvalue weighted by Gasteiger charge is 2.30. The van der Waals surface area contributed by atoms with Crippen molar-refractivity contribution in [3.05, 3.63) is 0 Å². The molecule has 0 aliphatic heterocycles. The lowest BCUT2D eigenvalue weighted by Crippen LogP contribution is -2.43. The van der Waals surface area contributed by atoms with Gasteiger partial charge in [-0.05, 0) is 38.6 Å². The van der Waals surface area contributed by atoms with E-state index in [0.717, 1.165) is 18.5 Å². The fourth-order valence-corrected chi connectivity index (χ4v) is 1.65. The zero-order chi connectivity index (χ0) is 10.0. The molecule has 0 radical (unpaired) electrons. The van der Waals surface area contributed by atoms with Crippen LogP contribution in [0.15, 0.2) is 0 Å². The van der Waals surface area contributed by atoms with Crippen LogP contribution in [0.4, 0.5) is 0 Å². The smallest absolute Gasteiger partial charge is 0.0191 e. The van der Waals surface area contributed by atoms with Crippen LogP contribution in [-0.2, 0) is 0 Å². The van der Waals surface area contributed by atoms with Gasteiger partial charge in [0.25, 0.3) is 0 Å². The lowest BCUT2D eigenvalue weighted by molar-refractivity contribution is 0.207. The van der Waals surface area contributed by atoms with Crippen molar-refractivity contribution in [2.24, 2.45) is 17.6 Å². The van der Waals surface area contributed by atoms with E-state index in [1.54, 1.807) is 0 Å². The first kappa shape index (κ1) is 11.0. The lowest BCUT2D eigenvalue weighted by atomic mass is 10.0. The van der Waals surface area contributed by atoms with Crippen LogP contribution in [0.25, 0.3) is 0 Å². The molecule has 0 bridgehead atoms. The fourth-order valence-electron chi connectivity index (χ4n) is 1.65. The summed E-state index contributed by atoms with van der Waals surface area (Å²) in [6.07, 6.45) is 2.84. The van der Waals surface area contributed by atoms with Crippen molar-refractivity contribution >= 4 is 0 Å². The van der Waals surface area contributed by atoms with Crippen LogP contribution in [0.5, 0.6) is 0 Å². The summed E-state index contributed by atoms with van der Waals surface area (Å²) in [5, 5.41) is 0. The molecule has 13 heavy (non-hydrogen) atoms. The second-order valence-electron chi connectivity index (χ2n) is 4.93. The number of rotatable bonds is 5. The van der Waals surface area contributed by atoms with E-state index >= 15 is 0 Å². The molecule has 0 spiro atoms. The summed E-state index contributed by atoms with van der Waals surface area (Å²) >= 11 is 0. The highest BCUT2D eigenvalue weighted by molar-refractivity contribution is 4.85. The molecule has 1 aliphatic rings. The second kappa shape index (κ2) is 4.43. The topological polar surface area (TPSA) is 29.3 Å². The Hall–Kier alpha value is -0.0800. The molecule has 1 saturated carbocycles. The number of hydrogen-bond acceptors (Lipinski definition) is 2. The third-order valence-electron chi connectivity index (χ3n) is 3.35. The highest BCUT2D eigenvalue weighted by atomic mass is 15.1. The van der Waals surface area contributed by atoms with Crippen LogP contribution in [0.1, 0.15) is 33.6 Å². The number of nitrogens with two attached hydrogens (primary N) is 1. The van der Waals surface area contributed by atoms with Gasteiger partial charge in [-0.3, -0.25) is 0 Å². The molecule has 1 fully saturated rings. The quantitative estimate of drug-likeness (QED) is 0.704. The highest BCUT2D eigenvalue weighted by Crippen LogP contribution is 2.34. The first-order valence-corrected chi connectivity index (χ1v) is 5.48. The largest absolute Gasteiger partial charge is 0.326 e. The van der Waals surface area contributed by atoms with E-state index in [9.17, 15) is 0 Å². The van der Waals surface area contributed by atoms with E-state index in [0.29, 0.717) is 12.0 Å². The minimum Gasteiger partial charge on any atom is -0.326 e. The zero-order valence-corrected chi connectivity index (χ0v) is 9.46. The molecular weight excluding hydrogens is 160 g/mol. The first-order valence-electron chi connectivity index (χ1n) is 5.48. The van der Waals surface area contributed by atoms with Crippen LogP contribution in [-0.4, -0.2) is 30.6 Å². The fraction of sp³-hybridized carbons (Fsp3) is 1.00. The molecule has 0 aromatic heterocycles. The minimum atomic E-state index is 0.325. The molecule has 2 N–H and O–H groups in total. The zero-order valence-electron chi connectivity index (χ0n) is 9.46. The van der Waals surface area contributed by atoms with Gasteiger partial charge in [-0.25, -0.2) is 0 Å². The molecule has 2 unspecified atom stereocenters. The maximum atomic E-state index is 6.03. The Morgan fingerprint density at radius 3 is 2.23 bits per heavy atom. The van der Waals surface area contributed by atoms with Gasteiger partial charge in [-0.2, -0.15) is 0 Å². The Bertz CT molecular complexity index is 152. The predicted octanol–water partition coefficient (Wildman–Crippen LogP) is 1.70. The van der Waals surface area contributed by atoms with E-state index in [1.165, 1.54) is 12.8 Å². The molecule has 0 saturated heterocycles. The van der Waals surface area contributed by atoms with Crippen molar-refractivity contribution in [2.75, 3.05) is 13.6 Å². The van der Waals surface area contributed by atoms with Gasteiger partial charge >= 0.3 is 0 Å². The van der Waals surface area contributed by atoms with Crippen LogP contribution in [0.2, 0.25) is 0 Å². The Morgan fingerprint density at radius 2 is 1.85 bits per heavy atom. The van der Waals surface area contributed by atoms with E-state index < -0.39 is 0 Å². The summed E-state index contributed by atoms with van der Waals surface area (Å²) in [4.78, 5) is 2.42. The van der Waals surface area contributed by atoms with Crippen molar-refractivity contribution in [3.8, 4) is 0 Å². The molecule has 78 valence electrons. The molecule has 1 aliphatic carbocycles. The SMILES string of the molecule is CC(C)C(N)CN(C)C(C)C1CC1. The summed E-state index contributed by atoms with van der Waals surface area (Å²) in [5.41, 5.74) is 6.03. The van der Waals surface area contributed by atoms with Crippen LogP contribution < -0.4 is 5.73 Å². The van der Waals surface area contributed by atoms with E-state index in [1.807, 2.05) is 0 Å². The summed E-state index contributed by atoms with van der Waals surface area (Å²) in [6, 6.07) is 1.05. The monoisotopic (exact) mass is 184 g/mol. The third kappa shape index (κ3) is 3.28. The van der Waals surface area contributed by atoms with Gasteiger partial charge in [0.1, 0.15) is 0 Å². The van der Waals surface area contributed by atoms with Gasteiger partial charge in [0, 0.05) is 18.6 Å². The van der Waals surface area contributed by atoms with Gasteiger partial charge in [0.15, 0.2) is 0 Å². The Labute approximate surface area is 82.5 Å². The van der Waals surface area contributed by atoms with Gasteiger partial charge in [-0.1, -0.05) is 13.8 Å². The normalized spacial score (nSPS) is 22.4. The van der Waals surface area contributed by atoms with Gasteiger partial charge in [0.2, 0.25) is 0 Å². The minimum absolute atomic E-state index is 0.325. The third-order valence-corrected chi connectivity index (χ3v) is 3.35. The maximum Gasteiger partial charge on any atom is 0.0191 e. The second-order valence-corrected chi connectivity index (χ2v) is 4.93. The Kier molecular flexibility index (Phi) is 3.74. The summed E-state index contributed by atoms with van der Waals surface area (Å²) in [5.74, 6) is 1.54. The lowest BCUT2D eigenvalue weighted by Gasteiger charge is -2.29. The molecular formula is C11H24N2. The Morgan fingerprint density at radius 1 is 1.31 bits per heavy atom. The predicted molar refractivity (Wildman–Crippen MR) is 57.6 cm³/mol. The molecule has 0 aromatic carbocycles. The van der Waals surface area contributed by atoms with Crippen molar-refractivity contribution < 1.29 is 0 Å². The summed E-state index contributed by atoms with van der Waals surface area (Å²) in [7, 11) is 2.20. The van der Waals surface area contributed by atoms with Gasteiger partial charge in [-0.15, -0.1) is 0 Å². The van der Waals surface area contributed by atoms with Crippen LogP contribution >= 0.6 is 0 Å². The van der Waals surface area contributed by atoms with E-state index in [4.69, 9.17) is 5.73 Å². The van der Waals surface area contributed by atoms with Gasteiger partial charge < -0.3 is 10.6 Å². The number of likely N-dealkylation sites (N-methyl/N-ethyl adjacent to an activating group) is 1. The average Bonchev–Trinajstić information content (AvgIpc) is 2.85. The summed E-state index contributed by atoms with van der Waals surface area (Å²) < 4.78 is 0. The van der Waals surface area contributed by atoms with Crippen molar-refractivity contribution in [1.29, 1.82) is 0 Å². The molecule has 2 atom stereocenters. The van der Waals surface area contributed by atoms with Crippen LogP contribution in [0, 0.1) is 11.8 Å². The average molecular weight is 184 g/mol. The molecule has 0 aromatic rings. The number of hydrogen-bond donors (Lipinski definition) is 1. The molecule has 2 nitrogen and oxygen atoms in total. The van der Waals surface area contributed by atoms with Gasteiger partial charge in [0.05, 0.1) is 0 Å². The molecule has 1 rings (SSSR count). The van der Waals surface area contributed by atoms with E-state index in [-0.39, 0.29) is 0 Å². The summed E-state index contributed by atoms with van der Waals surface area (Å²) in [6.45, 7) is 7.75. The molecule has 2 heteroatoms. The van der Waals surface area contributed by atoms with Crippen molar-refractivity contribution in [2.45, 2.75) is 45.7 Å². The maximum absolute atomic E-state index is 6.03.